The van der Waals surface area contributed by atoms with Crippen molar-refractivity contribution in [2.24, 2.45) is 0 Å². The number of rotatable bonds is 5. The van der Waals surface area contributed by atoms with Gasteiger partial charge in [-0.15, -0.1) is 0 Å². The van der Waals surface area contributed by atoms with Gasteiger partial charge in [0.1, 0.15) is 5.75 Å². The summed E-state index contributed by atoms with van der Waals surface area (Å²) < 4.78 is 116. The van der Waals surface area contributed by atoms with Crippen molar-refractivity contribution in [1.82, 2.24) is 5.32 Å². The largest absolute Gasteiger partial charge is 0.748 e. The smallest absolute Gasteiger partial charge is 0.421 e. The Bertz CT molecular complexity index is 778. The Labute approximate surface area is 156 Å². The Morgan fingerprint density at radius 2 is 1.69 bits per heavy atom. The maximum atomic E-state index is 13.1. The van der Waals surface area contributed by atoms with Gasteiger partial charge >= 0.3 is 12.4 Å². The van der Waals surface area contributed by atoms with Crippen LogP contribution >= 0.6 is 22.6 Å². The molecule has 148 valence electrons. The SMILES string of the molecule is COc1cc(C(=O)NC(CS(=O)(=O)[O-])(C(F)(F)F)C(F)(F)F)ccc1I. The Kier molecular flexibility index (Phi) is 6.46. The second-order valence-electron chi connectivity index (χ2n) is 4.91. The number of hydrogen-bond acceptors (Lipinski definition) is 5. The molecular weight excluding hydrogens is 511 g/mol. The average molecular weight is 520 g/mol. The molecule has 0 spiro atoms. The lowest BCUT2D eigenvalue weighted by Gasteiger charge is -2.38. The number of hydrogen-bond donors (Lipinski definition) is 1. The molecule has 0 aliphatic heterocycles. The molecule has 1 aromatic carbocycles. The average Bonchev–Trinajstić information content (AvgIpc) is 2.43. The molecule has 1 rings (SSSR count). The second kappa shape index (κ2) is 7.38. The van der Waals surface area contributed by atoms with E-state index < -0.39 is 45.2 Å². The minimum Gasteiger partial charge on any atom is -0.748 e. The molecule has 0 unspecified atom stereocenters. The topological polar surface area (TPSA) is 95.5 Å². The molecule has 14 heteroatoms. The van der Waals surface area contributed by atoms with Crippen LogP contribution in [0.4, 0.5) is 26.3 Å². The Hall–Kier alpha value is -1.29. The summed E-state index contributed by atoms with van der Waals surface area (Å²) in [5.74, 6) is -4.85. The van der Waals surface area contributed by atoms with Crippen molar-refractivity contribution in [2.75, 3.05) is 12.9 Å². The maximum Gasteiger partial charge on any atom is 0.421 e. The van der Waals surface area contributed by atoms with Gasteiger partial charge in [0.2, 0.25) is 5.54 Å². The fourth-order valence-electron chi connectivity index (χ4n) is 1.83. The summed E-state index contributed by atoms with van der Waals surface area (Å²) in [5, 5.41) is 0.628. The molecule has 1 amide bonds. The molecule has 0 radical (unpaired) electrons. The van der Waals surface area contributed by atoms with Crippen LogP contribution in [0, 0.1) is 3.57 Å². The van der Waals surface area contributed by atoms with E-state index in [9.17, 15) is 44.1 Å². The van der Waals surface area contributed by atoms with Crippen molar-refractivity contribution >= 4 is 38.6 Å². The number of benzene rings is 1. The zero-order valence-electron chi connectivity index (χ0n) is 12.5. The first-order valence-electron chi connectivity index (χ1n) is 6.27. The fourth-order valence-corrected chi connectivity index (χ4v) is 3.32. The predicted molar refractivity (Wildman–Crippen MR) is 82.6 cm³/mol. The summed E-state index contributed by atoms with van der Waals surface area (Å²) >= 11 is 1.73. The standard InChI is InChI=1S/C12H10F6INO5S/c1-25-8-4-6(2-3-7(8)19)9(21)20-10(11(13,14)15,12(16,17)18)5-26(22,23)24/h2-4H,5H2,1H3,(H,20,21)(H,22,23,24)/p-1. The molecule has 26 heavy (non-hydrogen) atoms. The molecule has 0 atom stereocenters. The van der Waals surface area contributed by atoms with Crippen molar-refractivity contribution in [2.45, 2.75) is 17.9 Å². The number of ether oxygens (including phenoxy) is 1. The number of halogens is 7. The van der Waals surface area contributed by atoms with Crippen molar-refractivity contribution in [1.29, 1.82) is 0 Å². The minimum atomic E-state index is -6.31. The van der Waals surface area contributed by atoms with E-state index in [-0.39, 0.29) is 5.75 Å². The second-order valence-corrected chi connectivity index (χ2v) is 7.47. The molecule has 0 aliphatic carbocycles. The highest BCUT2D eigenvalue weighted by Gasteiger charge is 2.72. The van der Waals surface area contributed by atoms with E-state index in [1.165, 1.54) is 6.07 Å². The summed E-state index contributed by atoms with van der Waals surface area (Å²) in [6.45, 7) is 0. The maximum absolute atomic E-state index is 13.1. The molecule has 1 aromatic rings. The third-order valence-electron chi connectivity index (χ3n) is 3.10. The normalized spacial score (nSPS) is 13.4. The molecule has 0 saturated carbocycles. The molecule has 1 N–H and O–H groups in total. The van der Waals surface area contributed by atoms with E-state index in [2.05, 4.69) is 0 Å². The lowest BCUT2D eigenvalue weighted by Crippen LogP contribution is -2.70. The Balaban J connectivity index is 3.48. The van der Waals surface area contributed by atoms with Crippen LogP contribution in [-0.2, 0) is 10.1 Å². The first-order valence-corrected chi connectivity index (χ1v) is 8.93. The van der Waals surface area contributed by atoms with Gasteiger partial charge in [-0.3, -0.25) is 4.79 Å². The van der Waals surface area contributed by atoms with Gasteiger partial charge in [0.15, 0.2) is 0 Å². The third-order valence-corrected chi connectivity index (χ3v) is 4.78. The summed E-state index contributed by atoms with van der Waals surface area (Å²) in [6.07, 6.45) is -12.6. The Morgan fingerprint density at radius 3 is 2.08 bits per heavy atom. The number of alkyl halides is 6. The summed E-state index contributed by atoms with van der Waals surface area (Å²) in [4.78, 5) is 12.0. The summed E-state index contributed by atoms with van der Waals surface area (Å²) in [6, 6.07) is 2.95. The summed E-state index contributed by atoms with van der Waals surface area (Å²) in [5.41, 5.74) is -5.93. The van der Waals surface area contributed by atoms with Gasteiger partial charge in [-0.05, 0) is 40.8 Å². The van der Waals surface area contributed by atoms with E-state index in [0.717, 1.165) is 19.2 Å². The third kappa shape index (κ3) is 4.91. The van der Waals surface area contributed by atoms with Gasteiger partial charge < -0.3 is 14.6 Å². The van der Waals surface area contributed by atoms with Gasteiger partial charge in [0.25, 0.3) is 5.91 Å². The van der Waals surface area contributed by atoms with Gasteiger partial charge in [-0.1, -0.05) is 0 Å². The predicted octanol–water partition coefficient (Wildman–Crippen LogP) is 2.44. The van der Waals surface area contributed by atoms with Crippen molar-refractivity contribution in [3.8, 4) is 5.75 Å². The first-order chi connectivity index (χ1) is 11.5. The summed E-state index contributed by atoms with van der Waals surface area (Å²) in [7, 11) is -4.87. The molecule has 0 aromatic heterocycles. The zero-order chi connectivity index (χ0) is 20.6. The van der Waals surface area contributed by atoms with Crippen LogP contribution in [0.3, 0.4) is 0 Å². The highest BCUT2D eigenvalue weighted by atomic mass is 127. The number of carbonyl (C=O) groups is 1. The van der Waals surface area contributed by atoms with Crippen LogP contribution < -0.4 is 10.1 Å². The molecule has 6 nitrogen and oxygen atoms in total. The lowest BCUT2D eigenvalue weighted by molar-refractivity contribution is -0.296. The number of carbonyl (C=O) groups excluding carboxylic acids is 1. The molecule has 0 bridgehead atoms. The molecular formula is C12H9F6INO5S-. The molecule has 0 heterocycles. The quantitative estimate of drug-likeness (QED) is 0.366. The van der Waals surface area contributed by atoms with Crippen LogP contribution in [0.2, 0.25) is 0 Å². The van der Waals surface area contributed by atoms with Gasteiger partial charge in [-0.2, -0.15) is 26.3 Å². The fraction of sp³-hybridized carbons (Fsp3) is 0.417. The monoisotopic (exact) mass is 520 g/mol. The van der Waals surface area contributed by atoms with Crippen LogP contribution in [0.1, 0.15) is 10.4 Å². The first kappa shape index (κ1) is 22.8. The van der Waals surface area contributed by atoms with Crippen LogP contribution in [-0.4, -0.2) is 49.6 Å². The van der Waals surface area contributed by atoms with Crippen LogP contribution in [0.25, 0.3) is 0 Å². The van der Waals surface area contributed by atoms with E-state index in [1.54, 1.807) is 22.6 Å². The lowest BCUT2D eigenvalue weighted by atomic mass is 9.99. The number of amides is 1. The number of methoxy groups -OCH3 is 1. The van der Waals surface area contributed by atoms with E-state index in [0.29, 0.717) is 8.89 Å². The van der Waals surface area contributed by atoms with Gasteiger partial charge in [0.05, 0.1) is 26.6 Å². The van der Waals surface area contributed by atoms with E-state index in [4.69, 9.17) is 4.74 Å². The van der Waals surface area contributed by atoms with E-state index >= 15 is 0 Å². The minimum absolute atomic E-state index is 0.0145. The highest BCUT2D eigenvalue weighted by Crippen LogP contribution is 2.44. The Morgan fingerprint density at radius 1 is 1.19 bits per heavy atom. The van der Waals surface area contributed by atoms with Gasteiger partial charge in [-0.25, -0.2) is 8.42 Å². The van der Waals surface area contributed by atoms with E-state index in [1.807, 2.05) is 0 Å². The molecule has 0 fully saturated rings. The zero-order valence-corrected chi connectivity index (χ0v) is 15.5. The van der Waals surface area contributed by atoms with Crippen molar-refractivity contribution < 1.29 is 48.8 Å². The highest BCUT2D eigenvalue weighted by molar-refractivity contribution is 14.1. The van der Waals surface area contributed by atoms with Crippen molar-refractivity contribution in [3.63, 3.8) is 0 Å². The molecule has 0 aliphatic rings. The van der Waals surface area contributed by atoms with Gasteiger partial charge in [0, 0.05) is 5.56 Å². The van der Waals surface area contributed by atoms with Crippen LogP contribution in [0.5, 0.6) is 5.75 Å². The molecule has 0 saturated heterocycles. The van der Waals surface area contributed by atoms with Crippen molar-refractivity contribution in [3.05, 3.63) is 27.3 Å². The number of nitrogens with one attached hydrogen (secondary N) is 1. The van der Waals surface area contributed by atoms with Crippen LogP contribution in [0.15, 0.2) is 18.2 Å².